The largest absolute Gasteiger partial charge is 0.299 e. The summed E-state index contributed by atoms with van der Waals surface area (Å²) in [7, 11) is 0. The molecule has 3 aliphatic rings. The topological polar surface area (TPSA) is 34.1 Å². The number of carbonyl (C=O) groups is 2. The number of aryl methyl sites for hydroxylation is 1. The van der Waals surface area contributed by atoms with Crippen LogP contribution in [-0.4, -0.2) is 11.6 Å². The zero-order valence-electron chi connectivity index (χ0n) is 17.9. The first-order valence-electron chi connectivity index (χ1n) is 11.9. The van der Waals surface area contributed by atoms with Crippen molar-refractivity contribution in [3.05, 3.63) is 35.1 Å². The summed E-state index contributed by atoms with van der Waals surface area (Å²) in [4.78, 5) is 25.5. The maximum absolute atomic E-state index is 13.9. The molecule has 3 heteroatoms. The highest BCUT2D eigenvalue weighted by molar-refractivity contribution is 6.10. The van der Waals surface area contributed by atoms with Crippen molar-refractivity contribution in [2.75, 3.05) is 0 Å². The number of halogens is 1. The van der Waals surface area contributed by atoms with Crippen LogP contribution in [0.2, 0.25) is 0 Å². The van der Waals surface area contributed by atoms with E-state index in [-0.39, 0.29) is 23.3 Å². The third-order valence-corrected chi connectivity index (χ3v) is 7.87. The number of rotatable bonds is 9. The van der Waals surface area contributed by atoms with E-state index in [1.807, 2.05) is 13.0 Å². The fraction of sp³-hybridized carbons (Fsp3) is 0.692. The SMILES string of the molecule is CCCC(=O)C1(C(=O)C2CCC(CCc3ccc(F)cc3C3CCCC3)C2)CC1. The molecule has 158 valence electrons. The van der Waals surface area contributed by atoms with Crippen molar-refractivity contribution >= 4 is 11.6 Å². The zero-order chi connectivity index (χ0) is 20.4. The summed E-state index contributed by atoms with van der Waals surface area (Å²) in [5.41, 5.74) is 1.95. The third-order valence-electron chi connectivity index (χ3n) is 7.87. The smallest absolute Gasteiger partial charge is 0.149 e. The lowest BCUT2D eigenvalue weighted by Gasteiger charge is -2.19. The highest BCUT2D eigenvalue weighted by Gasteiger charge is 2.57. The van der Waals surface area contributed by atoms with Crippen molar-refractivity contribution in [2.45, 2.75) is 96.3 Å². The van der Waals surface area contributed by atoms with E-state index in [1.54, 1.807) is 12.1 Å². The molecule has 0 saturated heterocycles. The minimum atomic E-state index is -0.595. The van der Waals surface area contributed by atoms with Gasteiger partial charge in [0.2, 0.25) is 0 Å². The molecule has 2 nitrogen and oxygen atoms in total. The Balaban J connectivity index is 1.34. The minimum absolute atomic E-state index is 0.0887. The van der Waals surface area contributed by atoms with Crippen LogP contribution in [0.4, 0.5) is 4.39 Å². The van der Waals surface area contributed by atoms with Gasteiger partial charge in [0.25, 0.3) is 0 Å². The molecule has 3 fully saturated rings. The molecule has 29 heavy (non-hydrogen) atoms. The Morgan fingerprint density at radius 1 is 1.10 bits per heavy atom. The maximum Gasteiger partial charge on any atom is 0.149 e. The Morgan fingerprint density at radius 2 is 1.86 bits per heavy atom. The molecule has 0 aliphatic heterocycles. The Morgan fingerprint density at radius 3 is 2.55 bits per heavy atom. The van der Waals surface area contributed by atoms with Gasteiger partial charge in [-0.25, -0.2) is 4.39 Å². The molecule has 0 heterocycles. The van der Waals surface area contributed by atoms with Gasteiger partial charge < -0.3 is 0 Å². The van der Waals surface area contributed by atoms with E-state index in [4.69, 9.17) is 0 Å². The Kier molecular flexibility index (Phi) is 6.22. The number of benzene rings is 1. The lowest BCUT2D eigenvalue weighted by atomic mass is 9.83. The number of hydrogen-bond acceptors (Lipinski definition) is 2. The van der Waals surface area contributed by atoms with Gasteiger partial charge in [-0.05, 0) is 99.3 Å². The summed E-state index contributed by atoms with van der Waals surface area (Å²) in [5, 5.41) is 0. The van der Waals surface area contributed by atoms with Crippen LogP contribution in [0.1, 0.15) is 101 Å². The molecule has 2 atom stereocenters. The number of ketones is 2. The van der Waals surface area contributed by atoms with E-state index >= 15 is 0 Å². The van der Waals surface area contributed by atoms with Crippen LogP contribution < -0.4 is 0 Å². The first-order chi connectivity index (χ1) is 14.0. The molecule has 4 rings (SSSR count). The van der Waals surface area contributed by atoms with Crippen LogP contribution in [0.3, 0.4) is 0 Å². The monoisotopic (exact) mass is 398 g/mol. The van der Waals surface area contributed by atoms with E-state index in [9.17, 15) is 14.0 Å². The van der Waals surface area contributed by atoms with Crippen molar-refractivity contribution in [3.8, 4) is 0 Å². The fourth-order valence-corrected chi connectivity index (χ4v) is 5.99. The number of carbonyl (C=O) groups excluding carboxylic acids is 2. The van der Waals surface area contributed by atoms with Crippen LogP contribution in [0, 0.1) is 23.1 Å². The molecule has 0 bridgehead atoms. The predicted molar refractivity (Wildman–Crippen MR) is 113 cm³/mol. The molecule has 0 radical (unpaired) electrons. The molecular formula is C26H35FO2. The molecule has 3 aliphatic carbocycles. The van der Waals surface area contributed by atoms with Crippen LogP contribution in [0.5, 0.6) is 0 Å². The first kappa shape index (κ1) is 20.8. The summed E-state index contributed by atoms with van der Waals surface area (Å²) in [5.74, 6) is 1.51. The summed E-state index contributed by atoms with van der Waals surface area (Å²) in [6.07, 6.45) is 12.9. The van der Waals surface area contributed by atoms with Gasteiger partial charge in [-0.1, -0.05) is 25.8 Å². The van der Waals surface area contributed by atoms with E-state index in [2.05, 4.69) is 0 Å². The van der Waals surface area contributed by atoms with Gasteiger partial charge in [0.15, 0.2) is 0 Å². The van der Waals surface area contributed by atoms with Crippen LogP contribution >= 0.6 is 0 Å². The molecular weight excluding hydrogens is 363 g/mol. The minimum Gasteiger partial charge on any atom is -0.299 e. The van der Waals surface area contributed by atoms with Crippen LogP contribution in [-0.2, 0) is 16.0 Å². The van der Waals surface area contributed by atoms with Crippen molar-refractivity contribution in [1.82, 2.24) is 0 Å². The number of hydrogen-bond donors (Lipinski definition) is 0. The van der Waals surface area contributed by atoms with Gasteiger partial charge in [-0.2, -0.15) is 0 Å². The van der Waals surface area contributed by atoms with Gasteiger partial charge in [-0.15, -0.1) is 0 Å². The highest BCUT2D eigenvalue weighted by atomic mass is 19.1. The highest BCUT2D eigenvalue weighted by Crippen LogP contribution is 2.52. The second-order valence-electron chi connectivity index (χ2n) is 9.86. The predicted octanol–water partition coefficient (Wildman–Crippen LogP) is 6.55. The van der Waals surface area contributed by atoms with E-state index < -0.39 is 5.41 Å². The van der Waals surface area contributed by atoms with Crippen molar-refractivity contribution in [3.63, 3.8) is 0 Å². The summed E-state index contributed by atoms with van der Waals surface area (Å²) >= 11 is 0. The van der Waals surface area contributed by atoms with Gasteiger partial charge in [0.1, 0.15) is 17.4 Å². The van der Waals surface area contributed by atoms with E-state index in [0.29, 0.717) is 18.3 Å². The number of Topliss-reactive ketones (excluding diaryl/α,β-unsaturated/α-hetero) is 2. The molecule has 0 amide bonds. The third kappa shape index (κ3) is 4.34. The van der Waals surface area contributed by atoms with Crippen LogP contribution in [0.15, 0.2) is 18.2 Å². The Bertz CT molecular complexity index is 758. The van der Waals surface area contributed by atoms with Crippen LogP contribution in [0.25, 0.3) is 0 Å². The summed E-state index contributed by atoms with van der Waals surface area (Å²) < 4.78 is 13.9. The first-order valence-corrected chi connectivity index (χ1v) is 11.9. The van der Waals surface area contributed by atoms with Gasteiger partial charge in [0.05, 0.1) is 5.41 Å². The van der Waals surface area contributed by atoms with Crippen molar-refractivity contribution in [1.29, 1.82) is 0 Å². The van der Waals surface area contributed by atoms with Crippen molar-refractivity contribution in [2.24, 2.45) is 17.3 Å². The Hall–Kier alpha value is -1.51. The quantitative estimate of drug-likeness (QED) is 0.442. The maximum atomic E-state index is 13.9. The zero-order valence-corrected chi connectivity index (χ0v) is 17.9. The lowest BCUT2D eigenvalue weighted by Crippen LogP contribution is -2.30. The summed E-state index contributed by atoms with van der Waals surface area (Å²) in [6, 6.07) is 5.36. The molecule has 1 aromatic carbocycles. The normalized spacial score (nSPS) is 26.0. The lowest BCUT2D eigenvalue weighted by molar-refractivity contribution is -0.137. The van der Waals surface area contributed by atoms with E-state index in [1.165, 1.54) is 36.8 Å². The fourth-order valence-electron chi connectivity index (χ4n) is 5.99. The Labute approximate surface area is 174 Å². The average molecular weight is 399 g/mol. The second kappa shape index (κ2) is 8.70. The van der Waals surface area contributed by atoms with E-state index in [0.717, 1.165) is 51.4 Å². The molecule has 0 N–H and O–H groups in total. The van der Waals surface area contributed by atoms with Gasteiger partial charge in [-0.3, -0.25) is 9.59 Å². The molecule has 3 saturated carbocycles. The average Bonchev–Trinajstić information content (AvgIpc) is 3.13. The van der Waals surface area contributed by atoms with Crippen molar-refractivity contribution < 1.29 is 14.0 Å². The van der Waals surface area contributed by atoms with Gasteiger partial charge >= 0.3 is 0 Å². The molecule has 0 spiro atoms. The molecule has 2 unspecified atom stereocenters. The molecule has 1 aromatic rings. The summed E-state index contributed by atoms with van der Waals surface area (Å²) in [6.45, 7) is 2.01. The standard InChI is InChI=1S/C26H35FO2/c1-2-5-24(28)26(14-15-26)25(29)21-11-9-18(16-21)8-10-20-12-13-22(27)17-23(20)19-6-3-4-7-19/h12-13,17-19,21H,2-11,14-16H2,1H3. The van der Waals surface area contributed by atoms with Gasteiger partial charge in [0, 0.05) is 12.3 Å². The second-order valence-corrected chi connectivity index (χ2v) is 9.86. The molecule has 0 aromatic heterocycles.